The minimum absolute atomic E-state index is 0. The van der Waals surface area contributed by atoms with Crippen molar-refractivity contribution in [2.24, 2.45) is 0 Å². The molecule has 9 nitrogen and oxygen atoms in total. The number of aromatic carboxylic acids is 1. The molecule has 0 bridgehead atoms. The van der Waals surface area contributed by atoms with Crippen molar-refractivity contribution in [3.8, 4) is 0 Å². The molecule has 0 saturated carbocycles. The SMILES string of the molecule is CNOC.CON(C)C(=O)c1cc(Br)cc(F)c1N.Cl.Nc1c(F)cc(Br)cc1C(=O)O. The summed E-state index contributed by atoms with van der Waals surface area (Å²) >= 11 is 6.04. The van der Waals surface area contributed by atoms with E-state index in [-0.39, 0.29) is 34.9 Å². The third-order valence-corrected chi connectivity index (χ3v) is 4.33. The Labute approximate surface area is 206 Å². The van der Waals surface area contributed by atoms with Gasteiger partial charge >= 0.3 is 5.97 Å². The smallest absolute Gasteiger partial charge is 0.337 e. The van der Waals surface area contributed by atoms with Crippen molar-refractivity contribution < 1.29 is 33.2 Å². The van der Waals surface area contributed by atoms with Crippen LogP contribution in [0.3, 0.4) is 0 Å². The molecule has 180 valence electrons. The van der Waals surface area contributed by atoms with Crippen molar-refractivity contribution in [2.75, 3.05) is 39.8 Å². The van der Waals surface area contributed by atoms with Gasteiger partial charge in [0.2, 0.25) is 0 Å². The van der Waals surface area contributed by atoms with Crippen LogP contribution in [0.2, 0.25) is 0 Å². The standard InChI is InChI=1S/C9H10BrFN2O2.C7H5BrFNO2.C2H7NO.ClH/c1-13(15-2)9(14)6-3-5(10)4-7(11)8(6)12;8-3-1-4(7(11)12)6(10)5(9)2-3;1-3-4-2;/h3-4H,12H2,1-2H3;1-2H,10H2,(H,11,12);3H,1-2H3;1H. The number of carboxylic acids is 1. The second-order valence-corrected chi connectivity index (χ2v) is 7.23. The first kappa shape index (κ1) is 32.2. The molecule has 6 N–H and O–H groups in total. The van der Waals surface area contributed by atoms with Crippen LogP contribution in [0.4, 0.5) is 20.2 Å². The molecule has 2 rings (SSSR count). The van der Waals surface area contributed by atoms with Crippen LogP contribution < -0.4 is 16.9 Å². The van der Waals surface area contributed by atoms with E-state index in [1.807, 2.05) is 0 Å². The van der Waals surface area contributed by atoms with E-state index in [2.05, 4.69) is 42.2 Å². The van der Waals surface area contributed by atoms with Crippen LogP contribution in [0, 0.1) is 11.6 Å². The van der Waals surface area contributed by atoms with Crippen LogP contribution in [0.15, 0.2) is 33.2 Å². The highest BCUT2D eigenvalue weighted by molar-refractivity contribution is 9.10. The maximum absolute atomic E-state index is 13.2. The summed E-state index contributed by atoms with van der Waals surface area (Å²) in [7, 11) is 6.03. The fraction of sp³-hybridized carbons (Fsp3) is 0.222. The van der Waals surface area contributed by atoms with E-state index in [0.717, 1.165) is 11.1 Å². The van der Waals surface area contributed by atoms with Gasteiger partial charge in [0.15, 0.2) is 0 Å². The van der Waals surface area contributed by atoms with Crippen LogP contribution in [0.25, 0.3) is 0 Å². The van der Waals surface area contributed by atoms with Crippen molar-refractivity contribution in [3.05, 3.63) is 56.0 Å². The molecule has 0 aromatic heterocycles. The summed E-state index contributed by atoms with van der Waals surface area (Å²) in [4.78, 5) is 31.1. The Hall–Kier alpha value is -2.03. The Morgan fingerprint density at radius 2 is 1.38 bits per heavy atom. The van der Waals surface area contributed by atoms with E-state index in [9.17, 15) is 18.4 Å². The summed E-state index contributed by atoms with van der Waals surface area (Å²) in [6, 6.07) is 5.00. The maximum atomic E-state index is 13.2. The van der Waals surface area contributed by atoms with Crippen molar-refractivity contribution in [1.29, 1.82) is 0 Å². The third kappa shape index (κ3) is 10.1. The molecule has 2 aromatic rings. The Morgan fingerprint density at radius 1 is 1.00 bits per heavy atom. The summed E-state index contributed by atoms with van der Waals surface area (Å²) in [5.41, 5.74) is 12.3. The second kappa shape index (κ2) is 15.7. The number of hydrogen-bond donors (Lipinski definition) is 4. The van der Waals surface area contributed by atoms with Gasteiger partial charge in [-0.05, 0) is 24.3 Å². The van der Waals surface area contributed by atoms with Gasteiger partial charge in [0.1, 0.15) is 11.6 Å². The zero-order chi connectivity index (χ0) is 24.3. The maximum Gasteiger partial charge on any atom is 0.337 e. The highest BCUT2D eigenvalue weighted by atomic mass is 79.9. The lowest BCUT2D eigenvalue weighted by Crippen LogP contribution is -2.26. The Balaban J connectivity index is 0. The average Bonchev–Trinajstić information content (AvgIpc) is 2.72. The number of rotatable bonds is 4. The molecule has 0 aliphatic heterocycles. The summed E-state index contributed by atoms with van der Waals surface area (Å²) in [5.74, 6) is -3.12. The monoisotopic (exact) mass is 606 g/mol. The van der Waals surface area contributed by atoms with Gasteiger partial charge < -0.3 is 21.4 Å². The van der Waals surface area contributed by atoms with Gasteiger partial charge in [-0.2, -0.15) is 0 Å². The first-order valence-electron chi connectivity index (χ1n) is 8.15. The van der Waals surface area contributed by atoms with Gasteiger partial charge in [-0.25, -0.2) is 24.1 Å². The van der Waals surface area contributed by atoms with E-state index in [4.69, 9.17) is 21.4 Å². The zero-order valence-corrected chi connectivity index (χ0v) is 21.4. The minimum Gasteiger partial charge on any atom is -0.478 e. The number of anilines is 2. The molecular weight excluding hydrogens is 585 g/mol. The van der Waals surface area contributed by atoms with Crippen LogP contribution in [-0.2, 0) is 9.68 Å². The van der Waals surface area contributed by atoms with Crippen LogP contribution in [0.5, 0.6) is 0 Å². The number of nitrogens with two attached hydrogens (primary N) is 2. The highest BCUT2D eigenvalue weighted by Crippen LogP contribution is 2.24. The molecular formula is C18H23Br2ClF2N4O5. The number of halogens is 5. The lowest BCUT2D eigenvalue weighted by atomic mass is 10.1. The Bertz CT molecular complexity index is 923. The molecule has 1 amide bonds. The molecule has 0 fully saturated rings. The Kier molecular flexibility index (Phi) is 15.8. The number of nitrogen functional groups attached to an aromatic ring is 2. The highest BCUT2D eigenvalue weighted by Gasteiger charge is 2.18. The van der Waals surface area contributed by atoms with Gasteiger partial charge in [-0.15, -0.1) is 12.4 Å². The number of amides is 1. The predicted molar refractivity (Wildman–Crippen MR) is 126 cm³/mol. The number of carboxylic acid groups (broad SMARTS) is 1. The van der Waals surface area contributed by atoms with Gasteiger partial charge in [0.05, 0.1) is 36.7 Å². The number of nitrogens with one attached hydrogen (secondary N) is 1. The fourth-order valence-corrected chi connectivity index (χ4v) is 2.64. The number of carbonyl (C=O) groups is 2. The fourth-order valence-electron chi connectivity index (χ4n) is 1.78. The molecule has 0 radical (unpaired) electrons. The minimum atomic E-state index is -1.24. The number of benzene rings is 2. The average molecular weight is 609 g/mol. The molecule has 14 heteroatoms. The first-order valence-corrected chi connectivity index (χ1v) is 9.73. The van der Waals surface area contributed by atoms with Crippen LogP contribution in [-0.4, -0.2) is 50.4 Å². The summed E-state index contributed by atoms with van der Waals surface area (Å²) in [6.45, 7) is 0. The van der Waals surface area contributed by atoms with E-state index in [1.54, 1.807) is 14.2 Å². The van der Waals surface area contributed by atoms with Gasteiger partial charge in [-0.1, -0.05) is 31.9 Å². The summed E-state index contributed by atoms with van der Waals surface area (Å²) in [5, 5.41) is 9.52. The van der Waals surface area contributed by atoms with E-state index in [0.29, 0.717) is 8.95 Å². The predicted octanol–water partition coefficient (Wildman–Crippen LogP) is 3.86. The topological polar surface area (TPSA) is 140 Å². The van der Waals surface area contributed by atoms with Crippen molar-refractivity contribution in [1.82, 2.24) is 10.5 Å². The van der Waals surface area contributed by atoms with Crippen molar-refractivity contribution in [3.63, 3.8) is 0 Å². The number of hydrogen-bond acceptors (Lipinski definition) is 7. The molecule has 0 aliphatic carbocycles. The van der Waals surface area contributed by atoms with E-state index >= 15 is 0 Å². The molecule has 0 unspecified atom stereocenters. The van der Waals surface area contributed by atoms with Crippen molar-refractivity contribution in [2.45, 2.75) is 0 Å². The normalized spacial score (nSPS) is 9.38. The van der Waals surface area contributed by atoms with E-state index < -0.39 is 23.5 Å². The Morgan fingerprint density at radius 3 is 1.72 bits per heavy atom. The number of nitrogens with zero attached hydrogens (tertiary/aromatic N) is 1. The summed E-state index contributed by atoms with van der Waals surface area (Å²) < 4.78 is 26.8. The number of carbonyl (C=O) groups excluding carboxylic acids is 1. The third-order valence-electron chi connectivity index (χ3n) is 3.41. The zero-order valence-electron chi connectivity index (χ0n) is 17.4. The molecule has 0 atom stereocenters. The quantitative estimate of drug-likeness (QED) is 0.303. The van der Waals surface area contributed by atoms with Crippen molar-refractivity contribution >= 4 is 67.5 Å². The van der Waals surface area contributed by atoms with E-state index in [1.165, 1.54) is 32.4 Å². The van der Waals surface area contributed by atoms with Crippen LogP contribution >= 0.6 is 44.3 Å². The largest absolute Gasteiger partial charge is 0.478 e. The molecule has 0 heterocycles. The van der Waals surface area contributed by atoms with Gasteiger partial charge in [0, 0.05) is 23.0 Å². The molecule has 0 saturated heterocycles. The molecule has 2 aromatic carbocycles. The molecule has 0 aliphatic rings. The second-order valence-electron chi connectivity index (χ2n) is 5.40. The lowest BCUT2D eigenvalue weighted by molar-refractivity contribution is -0.0756. The molecule has 32 heavy (non-hydrogen) atoms. The first-order chi connectivity index (χ1) is 14.4. The number of hydroxylamine groups is 3. The van der Waals surface area contributed by atoms with Crippen LogP contribution in [0.1, 0.15) is 20.7 Å². The summed E-state index contributed by atoms with van der Waals surface area (Å²) in [6.07, 6.45) is 0. The van der Waals surface area contributed by atoms with Gasteiger partial charge in [-0.3, -0.25) is 9.63 Å². The molecule has 0 spiro atoms. The van der Waals surface area contributed by atoms with Gasteiger partial charge in [0.25, 0.3) is 5.91 Å². The lowest BCUT2D eigenvalue weighted by Gasteiger charge is -2.15.